The number of nitrogens with one attached hydrogen (secondary N) is 1. The molecular formula is C20H19FN2O4. The van der Waals surface area contributed by atoms with Gasteiger partial charge in [-0.1, -0.05) is 0 Å². The van der Waals surface area contributed by atoms with Crippen LogP contribution in [0, 0.1) is 11.7 Å². The fourth-order valence-electron chi connectivity index (χ4n) is 2.90. The van der Waals surface area contributed by atoms with Gasteiger partial charge in [-0.2, -0.15) is 0 Å². The van der Waals surface area contributed by atoms with Crippen molar-refractivity contribution in [3.8, 4) is 0 Å². The number of carbonyl (C=O) groups excluding carboxylic acids is 3. The summed E-state index contributed by atoms with van der Waals surface area (Å²) < 4.78 is 18.0. The molecule has 7 heteroatoms. The lowest BCUT2D eigenvalue weighted by Crippen LogP contribution is -2.28. The highest BCUT2D eigenvalue weighted by Crippen LogP contribution is 2.26. The average molecular weight is 370 g/mol. The number of halogens is 1. The van der Waals surface area contributed by atoms with Gasteiger partial charge in [-0.25, -0.2) is 9.18 Å². The van der Waals surface area contributed by atoms with Crippen LogP contribution in [0.2, 0.25) is 0 Å². The Morgan fingerprint density at radius 2 is 1.81 bits per heavy atom. The Kier molecular flexibility index (Phi) is 5.49. The first-order valence-electron chi connectivity index (χ1n) is 8.62. The second-order valence-electron chi connectivity index (χ2n) is 6.17. The third kappa shape index (κ3) is 4.31. The van der Waals surface area contributed by atoms with E-state index in [1.165, 1.54) is 29.2 Å². The maximum Gasteiger partial charge on any atom is 0.338 e. The van der Waals surface area contributed by atoms with Crippen LogP contribution in [-0.2, 0) is 14.3 Å². The Labute approximate surface area is 155 Å². The van der Waals surface area contributed by atoms with Gasteiger partial charge in [-0.3, -0.25) is 9.59 Å². The normalized spacial score (nSPS) is 16.3. The van der Waals surface area contributed by atoms with E-state index in [0.29, 0.717) is 16.9 Å². The lowest BCUT2D eigenvalue weighted by atomic mass is 10.1. The number of anilines is 2. The van der Waals surface area contributed by atoms with Gasteiger partial charge in [0.25, 0.3) is 0 Å². The molecule has 27 heavy (non-hydrogen) atoms. The molecule has 2 aromatic carbocycles. The van der Waals surface area contributed by atoms with E-state index in [-0.39, 0.29) is 37.2 Å². The number of esters is 1. The van der Waals surface area contributed by atoms with E-state index in [1.54, 1.807) is 31.2 Å². The van der Waals surface area contributed by atoms with Crippen LogP contribution in [0.1, 0.15) is 23.7 Å². The molecule has 6 nitrogen and oxygen atoms in total. The molecule has 2 amide bonds. The maximum absolute atomic E-state index is 13.0. The average Bonchev–Trinajstić information content (AvgIpc) is 3.05. The lowest BCUT2D eigenvalue weighted by Gasteiger charge is -2.16. The first kappa shape index (κ1) is 18.6. The number of carbonyl (C=O) groups is 3. The molecule has 0 bridgehead atoms. The van der Waals surface area contributed by atoms with Crippen molar-refractivity contribution in [1.29, 1.82) is 0 Å². The molecule has 1 N–H and O–H groups in total. The van der Waals surface area contributed by atoms with Gasteiger partial charge in [0, 0.05) is 24.3 Å². The quantitative estimate of drug-likeness (QED) is 0.821. The van der Waals surface area contributed by atoms with Crippen LogP contribution < -0.4 is 10.2 Å². The predicted molar refractivity (Wildman–Crippen MR) is 97.9 cm³/mol. The second kappa shape index (κ2) is 7.99. The van der Waals surface area contributed by atoms with Crippen LogP contribution >= 0.6 is 0 Å². The Balaban J connectivity index is 1.62. The van der Waals surface area contributed by atoms with Crippen molar-refractivity contribution in [3.05, 3.63) is 59.9 Å². The summed E-state index contributed by atoms with van der Waals surface area (Å²) in [6.45, 7) is 2.25. The fraction of sp³-hybridized carbons (Fsp3) is 0.250. The van der Waals surface area contributed by atoms with Gasteiger partial charge in [0.15, 0.2) is 0 Å². The van der Waals surface area contributed by atoms with E-state index in [2.05, 4.69) is 5.32 Å². The minimum Gasteiger partial charge on any atom is -0.462 e. The minimum absolute atomic E-state index is 0.0874. The summed E-state index contributed by atoms with van der Waals surface area (Å²) in [4.78, 5) is 37.8. The number of ether oxygens (including phenoxy) is 1. The second-order valence-corrected chi connectivity index (χ2v) is 6.17. The molecule has 0 spiro atoms. The van der Waals surface area contributed by atoms with Crippen molar-refractivity contribution in [3.63, 3.8) is 0 Å². The lowest BCUT2D eigenvalue weighted by molar-refractivity contribution is -0.122. The predicted octanol–water partition coefficient (Wildman–Crippen LogP) is 2.99. The van der Waals surface area contributed by atoms with Crippen molar-refractivity contribution in [2.24, 2.45) is 5.92 Å². The third-order valence-electron chi connectivity index (χ3n) is 4.30. The SMILES string of the molecule is CCOC(=O)c1ccc(NC(=O)C2CC(=O)N(c3ccc(F)cc3)C2)cc1. The van der Waals surface area contributed by atoms with Gasteiger partial charge in [0.1, 0.15) is 5.82 Å². The summed E-state index contributed by atoms with van der Waals surface area (Å²) in [5.41, 5.74) is 1.49. The molecule has 1 heterocycles. The number of hydrogen-bond acceptors (Lipinski definition) is 4. The first-order chi connectivity index (χ1) is 13.0. The van der Waals surface area contributed by atoms with Crippen molar-refractivity contribution in [2.75, 3.05) is 23.4 Å². The minimum atomic E-state index is -0.507. The molecular weight excluding hydrogens is 351 g/mol. The number of nitrogens with zero attached hydrogens (tertiary/aromatic N) is 1. The van der Waals surface area contributed by atoms with Gasteiger partial charge in [-0.05, 0) is 55.5 Å². The van der Waals surface area contributed by atoms with Gasteiger partial charge < -0.3 is 15.0 Å². The molecule has 1 aliphatic heterocycles. The third-order valence-corrected chi connectivity index (χ3v) is 4.30. The van der Waals surface area contributed by atoms with Crippen LogP contribution in [0.4, 0.5) is 15.8 Å². The van der Waals surface area contributed by atoms with E-state index in [9.17, 15) is 18.8 Å². The monoisotopic (exact) mass is 370 g/mol. The van der Waals surface area contributed by atoms with E-state index < -0.39 is 11.9 Å². The Bertz CT molecular complexity index is 849. The van der Waals surface area contributed by atoms with E-state index in [0.717, 1.165) is 0 Å². The molecule has 2 aromatic rings. The zero-order valence-corrected chi connectivity index (χ0v) is 14.8. The van der Waals surface area contributed by atoms with Crippen molar-refractivity contribution in [2.45, 2.75) is 13.3 Å². The Morgan fingerprint density at radius 3 is 2.44 bits per heavy atom. The molecule has 0 aliphatic carbocycles. The summed E-state index contributed by atoms with van der Waals surface area (Å²) in [6.07, 6.45) is 0.0874. The number of benzene rings is 2. The zero-order valence-electron chi connectivity index (χ0n) is 14.8. The highest BCUT2D eigenvalue weighted by atomic mass is 19.1. The van der Waals surface area contributed by atoms with Gasteiger partial charge in [0.2, 0.25) is 11.8 Å². The van der Waals surface area contributed by atoms with Crippen LogP contribution in [0.5, 0.6) is 0 Å². The highest BCUT2D eigenvalue weighted by molar-refractivity contribution is 6.03. The molecule has 0 saturated carbocycles. The topological polar surface area (TPSA) is 75.7 Å². The van der Waals surface area contributed by atoms with E-state index in [4.69, 9.17) is 4.74 Å². The molecule has 0 aromatic heterocycles. The fourth-order valence-corrected chi connectivity index (χ4v) is 2.90. The largest absolute Gasteiger partial charge is 0.462 e. The number of rotatable bonds is 5. The molecule has 1 fully saturated rings. The summed E-state index contributed by atoms with van der Waals surface area (Å²) in [7, 11) is 0. The standard InChI is InChI=1S/C20H19FN2O4/c1-2-27-20(26)13-3-7-16(8-4-13)22-19(25)14-11-18(24)23(12-14)17-9-5-15(21)6-10-17/h3-10,14H,2,11-12H2,1H3,(H,22,25). The van der Waals surface area contributed by atoms with E-state index in [1.807, 2.05) is 0 Å². The van der Waals surface area contributed by atoms with Crippen molar-refractivity contribution < 1.29 is 23.5 Å². The number of amides is 2. The van der Waals surface area contributed by atoms with Crippen molar-refractivity contribution >= 4 is 29.2 Å². The summed E-state index contributed by atoms with van der Waals surface area (Å²) in [5, 5.41) is 2.75. The van der Waals surface area contributed by atoms with Crippen LogP contribution in [0.25, 0.3) is 0 Å². The zero-order chi connectivity index (χ0) is 19.4. The maximum atomic E-state index is 13.0. The summed E-state index contributed by atoms with van der Waals surface area (Å²) in [6, 6.07) is 11.9. The van der Waals surface area contributed by atoms with Crippen LogP contribution in [-0.4, -0.2) is 30.9 Å². The molecule has 140 valence electrons. The summed E-state index contributed by atoms with van der Waals surface area (Å²) in [5.74, 6) is -1.78. The van der Waals surface area contributed by atoms with Gasteiger partial charge in [-0.15, -0.1) is 0 Å². The molecule has 1 aliphatic rings. The smallest absolute Gasteiger partial charge is 0.338 e. The van der Waals surface area contributed by atoms with Crippen LogP contribution in [0.15, 0.2) is 48.5 Å². The molecule has 0 radical (unpaired) electrons. The van der Waals surface area contributed by atoms with Gasteiger partial charge in [0.05, 0.1) is 18.1 Å². The highest BCUT2D eigenvalue weighted by Gasteiger charge is 2.35. The van der Waals surface area contributed by atoms with Gasteiger partial charge >= 0.3 is 5.97 Å². The van der Waals surface area contributed by atoms with Crippen LogP contribution in [0.3, 0.4) is 0 Å². The first-order valence-corrected chi connectivity index (χ1v) is 8.62. The molecule has 3 rings (SSSR count). The number of hydrogen-bond donors (Lipinski definition) is 1. The molecule has 1 saturated heterocycles. The molecule has 1 atom stereocenters. The van der Waals surface area contributed by atoms with E-state index >= 15 is 0 Å². The molecule has 1 unspecified atom stereocenters. The summed E-state index contributed by atoms with van der Waals surface area (Å²) >= 11 is 0. The van der Waals surface area contributed by atoms with Crippen molar-refractivity contribution in [1.82, 2.24) is 0 Å². The Morgan fingerprint density at radius 1 is 1.15 bits per heavy atom. The Hall–Kier alpha value is -3.22.